The van der Waals surface area contributed by atoms with Crippen LogP contribution in [0.4, 0.5) is 17.8 Å². The first-order valence-corrected chi connectivity index (χ1v) is 10.6. The summed E-state index contributed by atoms with van der Waals surface area (Å²) in [6.07, 6.45) is 3.50. The van der Waals surface area contributed by atoms with E-state index in [2.05, 4.69) is 4.90 Å². The monoisotopic (exact) mass is 406 g/mol. The summed E-state index contributed by atoms with van der Waals surface area (Å²) in [6.45, 7) is 3.50. The van der Waals surface area contributed by atoms with Gasteiger partial charge >= 0.3 is 0 Å². The van der Waals surface area contributed by atoms with Crippen molar-refractivity contribution in [3.63, 3.8) is 0 Å². The molecule has 0 saturated carbocycles. The van der Waals surface area contributed by atoms with E-state index in [1.54, 1.807) is 0 Å². The Morgan fingerprint density at radius 2 is 1.21 bits per heavy atom. The highest BCUT2D eigenvalue weighted by molar-refractivity contribution is 5.48. The van der Waals surface area contributed by atoms with Crippen molar-refractivity contribution in [2.75, 3.05) is 54.0 Å². The van der Waals surface area contributed by atoms with Crippen LogP contribution in [0.15, 0.2) is 0 Å². The lowest BCUT2D eigenvalue weighted by Crippen LogP contribution is -2.54. The van der Waals surface area contributed by atoms with Crippen molar-refractivity contribution in [2.24, 2.45) is 22.9 Å². The van der Waals surface area contributed by atoms with Crippen molar-refractivity contribution in [3.8, 4) is 0 Å². The highest BCUT2D eigenvalue weighted by Gasteiger charge is 2.32. The molecule has 29 heavy (non-hydrogen) atoms. The molecule has 1 aromatic rings. The van der Waals surface area contributed by atoms with E-state index in [9.17, 15) is 5.11 Å². The van der Waals surface area contributed by atoms with Crippen LogP contribution in [0, 0.1) is 0 Å². The molecule has 3 fully saturated rings. The van der Waals surface area contributed by atoms with Gasteiger partial charge < -0.3 is 42.7 Å². The number of aromatic nitrogens is 3. The molecule has 4 rings (SSSR count). The molecule has 5 atom stereocenters. The van der Waals surface area contributed by atoms with E-state index < -0.39 is 0 Å². The van der Waals surface area contributed by atoms with Gasteiger partial charge in [-0.25, -0.2) is 0 Å². The van der Waals surface area contributed by atoms with Gasteiger partial charge in [0.15, 0.2) is 0 Å². The molecule has 5 unspecified atom stereocenters. The predicted octanol–water partition coefficient (Wildman–Crippen LogP) is -2.44. The van der Waals surface area contributed by atoms with Crippen LogP contribution in [0.1, 0.15) is 25.7 Å². The van der Waals surface area contributed by atoms with Crippen molar-refractivity contribution in [1.29, 1.82) is 0 Å². The van der Waals surface area contributed by atoms with Crippen LogP contribution in [-0.4, -0.2) is 89.6 Å². The van der Waals surface area contributed by atoms with Crippen molar-refractivity contribution >= 4 is 17.8 Å². The lowest BCUT2D eigenvalue weighted by atomic mass is 10.0. The smallest absolute Gasteiger partial charge is 0.232 e. The zero-order valence-corrected chi connectivity index (χ0v) is 16.9. The Morgan fingerprint density at radius 1 is 0.759 bits per heavy atom. The van der Waals surface area contributed by atoms with Crippen LogP contribution in [-0.2, 0) is 0 Å². The summed E-state index contributed by atoms with van der Waals surface area (Å²) in [5.74, 6) is 1.74. The Morgan fingerprint density at radius 3 is 1.66 bits per heavy atom. The minimum Gasteiger partial charge on any atom is -0.394 e. The van der Waals surface area contributed by atoms with Crippen LogP contribution < -0.4 is 37.6 Å². The van der Waals surface area contributed by atoms with E-state index in [0.29, 0.717) is 44.0 Å². The highest BCUT2D eigenvalue weighted by Crippen LogP contribution is 2.27. The number of aliphatic hydroxyl groups is 1. The molecule has 9 N–H and O–H groups in total. The van der Waals surface area contributed by atoms with Gasteiger partial charge in [-0.05, 0) is 25.7 Å². The summed E-state index contributed by atoms with van der Waals surface area (Å²) in [5.41, 5.74) is 24.8. The summed E-state index contributed by atoms with van der Waals surface area (Å²) in [4.78, 5) is 20.4. The van der Waals surface area contributed by atoms with E-state index in [-0.39, 0.29) is 36.8 Å². The zero-order chi connectivity index (χ0) is 20.5. The van der Waals surface area contributed by atoms with Crippen LogP contribution in [0.25, 0.3) is 0 Å². The number of anilines is 3. The average molecular weight is 407 g/mol. The topological polar surface area (TPSA) is 173 Å². The number of hydrogen-bond donors (Lipinski definition) is 5. The Kier molecular flexibility index (Phi) is 6.02. The largest absolute Gasteiger partial charge is 0.394 e. The summed E-state index contributed by atoms with van der Waals surface area (Å²) in [7, 11) is 0. The Balaban J connectivity index is 1.69. The van der Waals surface area contributed by atoms with Crippen molar-refractivity contribution in [2.45, 2.75) is 55.9 Å². The van der Waals surface area contributed by atoms with E-state index in [1.165, 1.54) is 0 Å². The fourth-order valence-electron chi connectivity index (χ4n) is 4.73. The Bertz CT molecular complexity index is 641. The number of nitrogens with zero attached hydrogens (tertiary/aromatic N) is 6. The predicted molar refractivity (Wildman–Crippen MR) is 113 cm³/mol. The van der Waals surface area contributed by atoms with Crippen molar-refractivity contribution < 1.29 is 5.11 Å². The second kappa shape index (κ2) is 8.52. The number of aliphatic hydroxyl groups excluding tert-OH is 1. The van der Waals surface area contributed by atoms with E-state index in [1.807, 2.05) is 9.80 Å². The quantitative estimate of drug-likeness (QED) is 0.359. The van der Waals surface area contributed by atoms with E-state index in [0.717, 1.165) is 32.2 Å². The van der Waals surface area contributed by atoms with Gasteiger partial charge in [0.25, 0.3) is 0 Å². The Labute approximate surface area is 171 Å². The number of rotatable bonds is 4. The van der Waals surface area contributed by atoms with Crippen molar-refractivity contribution in [1.82, 2.24) is 15.0 Å². The minimum atomic E-state index is -0.0174. The Hall–Kier alpha value is -1.79. The van der Waals surface area contributed by atoms with Gasteiger partial charge in [0.2, 0.25) is 17.8 Å². The zero-order valence-electron chi connectivity index (χ0n) is 16.9. The third kappa shape index (κ3) is 4.53. The molecule has 0 radical (unpaired) electrons. The van der Waals surface area contributed by atoms with Crippen molar-refractivity contribution in [3.05, 3.63) is 0 Å². The summed E-state index contributed by atoms with van der Waals surface area (Å²) >= 11 is 0. The lowest BCUT2D eigenvalue weighted by molar-refractivity contribution is 0.265. The fraction of sp³-hybridized carbons (Fsp3) is 0.833. The first kappa shape index (κ1) is 20.5. The number of piperidine rings is 2. The van der Waals surface area contributed by atoms with Crippen LogP contribution in [0.2, 0.25) is 0 Å². The molecule has 0 aromatic carbocycles. The first-order chi connectivity index (χ1) is 13.9. The summed E-state index contributed by atoms with van der Waals surface area (Å²) in [5, 5.41) is 9.77. The molecule has 0 spiro atoms. The molecule has 0 amide bonds. The van der Waals surface area contributed by atoms with Gasteiger partial charge in [-0.2, -0.15) is 15.0 Å². The molecule has 11 nitrogen and oxygen atoms in total. The van der Waals surface area contributed by atoms with Gasteiger partial charge in [-0.3, -0.25) is 0 Å². The standard InChI is InChI=1S/C18H34N10O/c19-11-4-12(20)7-26(6-11)16-23-17(27-8-13(21)5-14(22)9-27)25-18(24-16)28-3-1-2-15(28)10-29/h11-15,29H,1-10,19-22H2. The second-order valence-electron chi connectivity index (χ2n) is 8.73. The molecular formula is C18H34N10O. The van der Waals surface area contributed by atoms with Crippen LogP contribution in [0.5, 0.6) is 0 Å². The molecule has 0 bridgehead atoms. The summed E-state index contributed by atoms with van der Waals surface area (Å²) in [6, 6.07) is -0.0465. The molecule has 3 aliphatic rings. The van der Waals surface area contributed by atoms with Crippen LogP contribution >= 0.6 is 0 Å². The van der Waals surface area contributed by atoms with Gasteiger partial charge in [0.1, 0.15) is 0 Å². The van der Waals surface area contributed by atoms with Gasteiger partial charge in [0.05, 0.1) is 12.6 Å². The van der Waals surface area contributed by atoms with Crippen LogP contribution in [0.3, 0.4) is 0 Å². The number of nitrogens with two attached hydrogens (primary N) is 4. The normalized spacial score (nSPS) is 33.4. The number of hydrogen-bond acceptors (Lipinski definition) is 11. The average Bonchev–Trinajstić information content (AvgIpc) is 3.15. The van der Waals surface area contributed by atoms with Gasteiger partial charge in [-0.15, -0.1) is 0 Å². The molecule has 162 valence electrons. The molecule has 11 heteroatoms. The SMILES string of the molecule is NC1CC(N)CN(c2nc(N3CC(N)CC(N)C3)nc(N3CCCC3CO)n2)C1. The van der Waals surface area contributed by atoms with Gasteiger partial charge in [-0.1, -0.05) is 0 Å². The molecule has 3 aliphatic heterocycles. The maximum Gasteiger partial charge on any atom is 0.232 e. The second-order valence-corrected chi connectivity index (χ2v) is 8.73. The van der Waals surface area contributed by atoms with E-state index >= 15 is 0 Å². The third-order valence-corrected chi connectivity index (χ3v) is 6.04. The summed E-state index contributed by atoms with van der Waals surface area (Å²) < 4.78 is 0. The molecular weight excluding hydrogens is 372 g/mol. The maximum absolute atomic E-state index is 9.77. The minimum absolute atomic E-state index is 0.0174. The molecule has 1 aromatic heterocycles. The lowest BCUT2D eigenvalue weighted by Gasteiger charge is -2.37. The third-order valence-electron chi connectivity index (χ3n) is 6.04. The maximum atomic E-state index is 9.77. The van der Waals surface area contributed by atoms with E-state index in [4.69, 9.17) is 37.9 Å². The fourth-order valence-corrected chi connectivity index (χ4v) is 4.73. The molecule has 0 aliphatic carbocycles. The highest BCUT2D eigenvalue weighted by atomic mass is 16.3. The first-order valence-electron chi connectivity index (χ1n) is 10.6. The van der Waals surface area contributed by atoms with Gasteiger partial charge in [0, 0.05) is 56.9 Å². The molecule has 4 heterocycles. The molecule has 3 saturated heterocycles.